The van der Waals surface area contributed by atoms with Gasteiger partial charge in [-0.3, -0.25) is 4.79 Å². The van der Waals surface area contributed by atoms with Crippen molar-refractivity contribution in [2.24, 2.45) is 0 Å². The zero-order chi connectivity index (χ0) is 23.6. The first-order valence-corrected chi connectivity index (χ1v) is 13.5. The fraction of sp³-hybridized carbons (Fsp3) is 0.261. The Morgan fingerprint density at radius 1 is 1.09 bits per heavy atom. The number of hydrogen-bond acceptors (Lipinski definition) is 7. The minimum atomic E-state index is -3.93. The third-order valence-corrected chi connectivity index (χ3v) is 8.90. The van der Waals surface area contributed by atoms with E-state index >= 15 is 0 Å². The molecule has 174 valence electrons. The van der Waals surface area contributed by atoms with Crippen molar-refractivity contribution in [2.75, 3.05) is 18.6 Å². The summed E-state index contributed by atoms with van der Waals surface area (Å²) in [5.41, 5.74) is 0.746. The average molecular weight is 490 g/mol. The molecule has 0 radical (unpaired) electrons. The van der Waals surface area contributed by atoms with Crippen LogP contribution < -0.4 is 4.74 Å². The number of hydrogen-bond donors (Lipinski definition) is 0. The molecule has 0 aliphatic carbocycles. The number of furan rings is 1. The van der Waals surface area contributed by atoms with Gasteiger partial charge in [0.1, 0.15) is 5.75 Å². The van der Waals surface area contributed by atoms with Gasteiger partial charge in [0.2, 0.25) is 14.9 Å². The van der Waals surface area contributed by atoms with Crippen molar-refractivity contribution in [1.82, 2.24) is 4.90 Å². The molecule has 1 aliphatic rings. The first-order valence-electron chi connectivity index (χ1n) is 10.2. The van der Waals surface area contributed by atoms with Crippen LogP contribution in [0.1, 0.15) is 22.5 Å². The van der Waals surface area contributed by atoms with Gasteiger partial charge in [0.05, 0.1) is 23.5 Å². The molecule has 1 aliphatic heterocycles. The van der Waals surface area contributed by atoms with Crippen LogP contribution in [0.4, 0.5) is 0 Å². The molecular weight excluding hydrogens is 466 g/mol. The fourth-order valence-electron chi connectivity index (χ4n) is 3.79. The van der Waals surface area contributed by atoms with E-state index < -0.39 is 31.6 Å². The molecule has 0 spiro atoms. The van der Waals surface area contributed by atoms with Crippen LogP contribution in [0.5, 0.6) is 5.75 Å². The van der Waals surface area contributed by atoms with Crippen molar-refractivity contribution in [3.63, 3.8) is 0 Å². The van der Waals surface area contributed by atoms with Gasteiger partial charge >= 0.3 is 0 Å². The van der Waals surface area contributed by atoms with E-state index in [4.69, 9.17) is 9.15 Å². The van der Waals surface area contributed by atoms with E-state index in [9.17, 15) is 21.6 Å². The molecule has 8 nitrogen and oxygen atoms in total. The van der Waals surface area contributed by atoms with Crippen molar-refractivity contribution in [3.8, 4) is 5.75 Å². The van der Waals surface area contributed by atoms with Gasteiger partial charge in [-0.2, -0.15) is 0 Å². The topological polar surface area (TPSA) is 111 Å². The lowest BCUT2D eigenvalue weighted by Gasteiger charge is -2.27. The van der Waals surface area contributed by atoms with Gasteiger partial charge in [0.25, 0.3) is 5.91 Å². The highest BCUT2D eigenvalue weighted by molar-refractivity contribution is 7.91. The lowest BCUT2D eigenvalue weighted by molar-refractivity contribution is 0.0642. The highest BCUT2D eigenvalue weighted by Crippen LogP contribution is 2.27. The molecule has 2 heterocycles. The van der Waals surface area contributed by atoms with Crippen LogP contribution in [0.2, 0.25) is 0 Å². The zero-order valence-electron chi connectivity index (χ0n) is 17.9. The van der Waals surface area contributed by atoms with Gasteiger partial charge in [-0.25, -0.2) is 16.8 Å². The largest absolute Gasteiger partial charge is 0.497 e. The maximum atomic E-state index is 13.4. The van der Waals surface area contributed by atoms with Crippen molar-refractivity contribution in [3.05, 3.63) is 78.1 Å². The normalized spacial score (nSPS) is 17.5. The van der Waals surface area contributed by atoms with E-state index in [2.05, 4.69) is 0 Å². The van der Waals surface area contributed by atoms with Gasteiger partial charge in [-0.05, 0) is 48.4 Å². The van der Waals surface area contributed by atoms with Gasteiger partial charge in [0.15, 0.2) is 15.6 Å². The smallest absolute Gasteiger partial charge is 0.290 e. The minimum Gasteiger partial charge on any atom is -0.497 e. The highest BCUT2D eigenvalue weighted by Gasteiger charge is 2.36. The monoisotopic (exact) mass is 489 g/mol. The molecule has 1 unspecified atom stereocenters. The van der Waals surface area contributed by atoms with Crippen molar-refractivity contribution in [2.45, 2.75) is 29.0 Å². The Kier molecular flexibility index (Phi) is 6.31. The molecule has 1 amide bonds. The Balaban J connectivity index is 1.65. The summed E-state index contributed by atoms with van der Waals surface area (Å²) in [5, 5.41) is -0.350. The van der Waals surface area contributed by atoms with Crippen molar-refractivity contribution >= 4 is 25.6 Å². The molecule has 33 heavy (non-hydrogen) atoms. The Morgan fingerprint density at radius 3 is 2.52 bits per heavy atom. The van der Waals surface area contributed by atoms with Crippen molar-refractivity contribution in [1.29, 1.82) is 0 Å². The number of sulfone groups is 2. The molecule has 1 fully saturated rings. The van der Waals surface area contributed by atoms with E-state index in [1.807, 2.05) is 0 Å². The van der Waals surface area contributed by atoms with Crippen molar-refractivity contribution < 1.29 is 30.8 Å². The molecule has 0 N–H and O–H groups in total. The standard InChI is InChI=1S/C23H23NO7S2/c1-30-19-7-5-6-17(14-19)15-24(18-12-13-32(26,27)16-18)23(25)21-10-11-22(31-21)33(28,29)20-8-3-2-4-9-20/h2-11,14,18H,12-13,15-16H2,1H3. The molecule has 0 saturated carbocycles. The van der Waals surface area contributed by atoms with E-state index in [0.717, 1.165) is 5.56 Å². The summed E-state index contributed by atoms with van der Waals surface area (Å²) in [4.78, 5) is 14.9. The third-order valence-electron chi connectivity index (χ3n) is 5.51. The molecule has 1 saturated heterocycles. The number of nitrogens with zero attached hydrogens (tertiary/aromatic N) is 1. The summed E-state index contributed by atoms with van der Waals surface area (Å²) in [6.45, 7) is 0.123. The summed E-state index contributed by atoms with van der Waals surface area (Å²) in [6, 6.07) is 16.9. The summed E-state index contributed by atoms with van der Waals surface area (Å²) in [6.07, 6.45) is 0.300. The van der Waals surface area contributed by atoms with Crippen LogP contribution in [0, 0.1) is 0 Å². The first-order chi connectivity index (χ1) is 15.7. The fourth-order valence-corrected chi connectivity index (χ4v) is 6.72. The van der Waals surface area contributed by atoms with Crippen LogP contribution in [0.15, 0.2) is 81.1 Å². The first kappa shape index (κ1) is 23.1. The summed E-state index contributed by atoms with van der Waals surface area (Å²) in [7, 11) is -5.66. The summed E-state index contributed by atoms with van der Waals surface area (Å²) >= 11 is 0. The number of ether oxygens (including phenoxy) is 1. The van der Waals surface area contributed by atoms with E-state index in [0.29, 0.717) is 12.2 Å². The predicted octanol–water partition coefficient (Wildman–Crippen LogP) is 2.95. The molecule has 4 rings (SSSR count). The maximum absolute atomic E-state index is 13.4. The van der Waals surface area contributed by atoms with Gasteiger partial charge in [-0.15, -0.1) is 0 Å². The van der Waals surface area contributed by atoms with E-state index in [1.165, 1.54) is 36.3 Å². The molecular formula is C23H23NO7S2. The van der Waals surface area contributed by atoms with Crippen LogP contribution in [0.25, 0.3) is 0 Å². The number of rotatable bonds is 7. The molecule has 0 bridgehead atoms. The van der Waals surface area contributed by atoms with E-state index in [-0.39, 0.29) is 33.8 Å². The lowest BCUT2D eigenvalue weighted by Crippen LogP contribution is -2.40. The third kappa shape index (κ3) is 4.96. The molecule has 1 aromatic heterocycles. The summed E-state index contributed by atoms with van der Waals surface area (Å²) < 4.78 is 60.6. The van der Waals surface area contributed by atoms with Gasteiger partial charge in [-0.1, -0.05) is 30.3 Å². The average Bonchev–Trinajstić information content (AvgIpc) is 3.45. The molecule has 2 aromatic carbocycles. The second kappa shape index (κ2) is 9.03. The van der Waals surface area contributed by atoms with Crippen LogP contribution >= 0.6 is 0 Å². The second-order valence-corrected chi connectivity index (χ2v) is 11.9. The Morgan fingerprint density at radius 2 is 1.85 bits per heavy atom. The SMILES string of the molecule is COc1cccc(CN(C(=O)c2ccc(S(=O)(=O)c3ccccc3)o2)C2CCS(=O)(=O)C2)c1. The Labute approximate surface area is 192 Å². The Bertz CT molecular complexity index is 1360. The minimum absolute atomic E-state index is 0.00858. The quantitative estimate of drug-likeness (QED) is 0.502. The number of carbonyl (C=O) groups excluding carboxylic acids is 1. The number of methoxy groups -OCH3 is 1. The second-order valence-electron chi connectivity index (χ2n) is 7.78. The number of benzene rings is 2. The van der Waals surface area contributed by atoms with E-state index in [1.54, 1.807) is 42.5 Å². The number of carbonyl (C=O) groups is 1. The molecule has 3 aromatic rings. The van der Waals surface area contributed by atoms with Gasteiger partial charge < -0.3 is 14.1 Å². The molecule has 1 atom stereocenters. The van der Waals surface area contributed by atoms with Gasteiger partial charge in [0, 0.05) is 12.6 Å². The maximum Gasteiger partial charge on any atom is 0.290 e. The van der Waals surface area contributed by atoms with Crippen LogP contribution in [-0.2, 0) is 26.2 Å². The zero-order valence-corrected chi connectivity index (χ0v) is 19.5. The predicted molar refractivity (Wildman–Crippen MR) is 121 cm³/mol. The molecule has 10 heteroatoms. The van der Waals surface area contributed by atoms with Crippen LogP contribution in [0.3, 0.4) is 0 Å². The lowest BCUT2D eigenvalue weighted by atomic mass is 10.1. The highest BCUT2D eigenvalue weighted by atomic mass is 32.2. The Hall–Kier alpha value is -3.11. The number of amides is 1. The summed E-state index contributed by atoms with van der Waals surface area (Å²) in [5.74, 6) is -0.302. The van der Waals surface area contributed by atoms with Crippen LogP contribution in [-0.4, -0.2) is 52.3 Å².